The Kier molecular flexibility index (Phi) is 7.82. The summed E-state index contributed by atoms with van der Waals surface area (Å²) < 4.78 is 0. The third-order valence-electron chi connectivity index (χ3n) is 6.04. The van der Waals surface area contributed by atoms with Crippen LogP contribution in [-0.2, 0) is 20.1 Å². The molecule has 6 rings (SSSR count). The largest absolute Gasteiger partial charge is 0.248 e. The molecule has 0 aliphatic rings. The Labute approximate surface area is 220 Å². The van der Waals surface area contributed by atoms with Crippen LogP contribution in [0.1, 0.15) is 11.1 Å². The predicted molar refractivity (Wildman–Crippen MR) is 144 cm³/mol. The summed E-state index contributed by atoms with van der Waals surface area (Å²) in [7, 11) is 0. The number of nitrogens with zero attached hydrogens (tertiary/aromatic N) is 2. The molecule has 2 nitrogen and oxygen atoms in total. The molecule has 0 atom stereocenters. The number of aromatic nitrogens is 2. The molecular formula is C32H26IrN2. The van der Waals surface area contributed by atoms with Gasteiger partial charge in [0.25, 0.3) is 0 Å². The first-order chi connectivity index (χ1) is 16.7. The van der Waals surface area contributed by atoms with E-state index in [-0.39, 0.29) is 20.1 Å². The van der Waals surface area contributed by atoms with E-state index in [1.165, 1.54) is 33.0 Å². The number of benzene rings is 4. The number of rotatable bonds is 2. The van der Waals surface area contributed by atoms with Crippen molar-refractivity contribution in [3.05, 3.63) is 132 Å². The molecule has 0 aliphatic heterocycles. The molecule has 173 valence electrons. The third kappa shape index (κ3) is 5.54. The van der Waals surface area contributed by atoms with Crippen LogP contribution in [0.2, 0.25) is 0 Å². The van der Waals surface area contributed by atoms with Crippen LogP contribution in [0.3, 0.4) is 0 Å². The van der Waals surface area contributed by atoms with Gasteiger partial charge in [0.2, 0.25) is 0 Å². The zero-order valence-electron chi connectivity index (χ0n) is 19.8. The van der Waals surface area contributed by atoms with E-state index in [4.69, 9.17) is 9.97 Å². The predicted octanol–water partition coefficient (Wildman–Crippen LogP) is 8.42. The van der Waals surface area contributed by atoms with Crippen LogP contribution in [0.15, 0.2) is 121 Å². The Morgan fingerprint density at radius 3 is 1.20 bits per heavy atom. The monoisotopic (exact) mass is 631 g/mol. The van der Waals surface area contributed by atoms with Crippen LogP contribution in [0.25, 0.3) is 44.3 Å². The van der Waals surface area contributed by atoms with E-state index in [2.05, 4.69) is 111 Å². The summed E-state index contributed by atoms with van der Waals surface area (Å²) in [4.78, 5) is 9.41. The molecule has 6 aromatic rings. The summed E-state index contributed by atoms with van der Waals surface area (Å²) in [5, 5.41) is 2.37. The fraction of sp³-hybridized carbons (Fsp3) is 0.0625. The van der Waals surface area contributed by atoms with Crippen molar-refractivity contribution in [1.29, 1.82) is 0 Å². The number of hydrogen-bond donors (Lipinski definition) is 0. The average Bonchev–Trinajstić information content (AvgIpc) is 2.89. The first kappa shape index (κ1) is 24.5. The topological polar surface area (TPSA) is 25.8 Å². The number of aryl methyl sites for hydroxylation is 2. The van der Waals surface area contributed by atoms with Gasteiger partial charge in [0.1, 0.15) is 0 Å². The second kappa shape index (κ2) is 11.2. The summed E-state index contributed by atoms with van der Waals surface area (Å²) in [6, 6.07) is 41.5. The maximum absolute atomic E-state index is 4.71. The van der Waals surface area contributed by atoms with E-state index < -0.39 is 0 Å². The molecule has 0 N–H and O–H groups in total. The van der Waals surface area contributed by atoms with Crippen LogP contribution in [0.5, 0.6) is 0 Å². The minimum absolute atomic E-state index is 0. The van der Waals surface area contributed by atoms with E-state index in [9.17, 15) is 0 Å². The van der Waals surface area contributed by atoms with Gasteiger partial charge < -0.3 is 0 Å². The fourth-order valence-electron chi connectivity index (χ4n) is 4.15. The van der Waals surface area contributed by atoms with Crippen molar-refractivity contribution in [3.8, 4) is 22.5 Å². The molecule has 0 spiro atoms. The normalized spacial score (nSPS) is 10.3. The van der Waals surface area contributed by atoms with Crippen molar-refractivity contribution in [1.82, 2.24) is 9.97 Å². The molecule has 4 aromatic carbocycles. The Morgan fingerprint density at radius 1 is 0.400 bits per heavy atom. The van der Waals surface area contributed by atoms with Gasteiger partial charge >= 0.3 is 0 Å². The van der Waals surface area contributed by atoms with Gasteiger partial charge in [-0.05, 0) is 49.2 Å². The van der Waals surface area contributed by atoms with Crippen LogP contribution in [0, 0.1) is 13.8 Å². The van der Waals surface area contributed by atoms with E-state index >= 15 is 0 Å². The van der Waals surface area contributed by atoms with Crippen molar-refractivity contribution < 1.29 is 20.1 Å². The maximum atomic E-state index is 4.71. The number of hydrogen-bond acceptors (Lipinski definition) is 2. The van der Waals surface area contributed by atoms with Gasteiger partial charge in [-0.1, -0.05) is 97.1 Å². The van der Waals surface area contributed by atoms with Gasteiger partial charge in [0, 0.05) is 42.0 Å². The standard InChI is InChI=1S/2C16H13N.Ir/c2*1-12-6-2-4-8-14(12)16-11-10-13-7-3-5-9-15(13)17-16;/h2*2-11H,1H3;. The second-order valence-electron chi connectivity index (χ2n) is 8.41. The minimum atomic E-state index is 0. The summed E-state index contributed by atoms with van der Waals surface area (Å²) >= 11 is 0. The number of para-hydroxylation sites is 2. The van der Waals surface area contributed by atoms with Gasteiger partial charge in [-0.2, -0.15) is 0 Å². The van der Waals surface area contributed by atoms with E-state index in [1.807, 2.05) is 24.3 Å². The van der Waals surface area contributed by atoms with Gasteiger partial charge in [0.15, 0.2) is 0 Å². The molecule has 0 unspecified atom stereocenters. The minimum Gasteiger partial charge on any atom is -0.248 e. The van der Waals surface area contributed by atoms with Crippen LogP contribution in [0.4, 0.5) is 0 Å². The molecule has 2 aromatic heterocycles. The summed E-state index contributed by atoms with van der Waals surface area (Å²) in [6.45, 7) is 4.23. The van der Waals surface area contributed by atoms with Gasteiger partial charge in [-0.3, -0.25) is 0 Å². The van der Waals surface area contributed by atoms with Crippen LogP contribution >= 0.6 is 0 Å². The molecule has 35 heavy (non-hydrogen) atoms. The van der Waals surface area contributed by atoms with Crippen molar-refractivity contribution in [3.63, 3.8) is 0 Å². The summed E-state index contributed by atoms with van der Waals surface area (Å²) in [5.41, 5.74) is 9.12. The molecular weight excluding hydrogens is 605 g/mol. The zero-order chi connectivity index (χ0) is 23.3. The number of fused-ring (bicyclic) bond motifs is 2. The molecule has 3 heteroatoms. The molecule has 0 fully saturated rings. The van der Waals surface area contributed by atoms with Crippen molar-refractivity contribution in [2.24, 2.45) is 0 Å². The van der Waals surface area contributed by atoms with E-state index in [1.54, 1.807) is 0 Å². The molecule has 0 saturated heterocycles. The van der Waals surface area contributed by atoms with Crippen molar-refractivity contribution in [2.75, 3.05) is 0 Å². The molecule has 0 saturated carbocycles. The average molecular weight is 631 g/mol. The van der Waals surface area contributed by atoms with Gasteiger partial charge in [-0.15, -0.1) is 0 Å². The molecule has 1 radical (unpaired) electrons. The molecule has 2 heterocycles. The fourth-order valence-corrected chi connectivity index (χ4v) is 4.15. The Morgan fingerprint density at radius 2 is 0.771 bits per heavy atom. The second-order valence-corrected chi connectivity index (χ2v) is 8.41. The zero-order valence-corrected chi connectivity index (χ0v) is 22.2. The SMILES string of the molecule is Cc1ccccc1-c1ccc2ccccc2n1.Cc1ccccc1-c1ccc2ccccc2n1.[Ir]. The molecule has 0 amide bonds. The Hall–Kier alpha value is -3.65. The first-order valence-electron chi connectivity index (χ1n) is 11.5. The van der Waals surface area contributed by atoms with Crippen LogP contribution < -0.4 is 0 Å². The van der Waals surface area contributed by atoms with Crippen molar-refractivity contribution in [2.45, 2.75) is 13.8 Å². The summed E-state index contributed by atoms with van der Waals surface area (Å²) in [5.74, 6) is 0. The van der Waals surface area contributed by atoms with E-state index in [0.717, 1.165) is 22.4 Å². The first-order valence-corrected chi connectivity index (χ1v) is 11.5. The van der Waals surface area contributed by atoms with Crippen molar-refractivity contribution >= 4 is 21.8 Å². The Balaban J connectivity index is 0.000000160. The smallest absolute Gasteiger partial charge is 0.0712 e. The summed E-state index contributed by atoms with van der Waals surface area (Å²) in [6.07, 6.45) is 0. The van der Waals surface area contributed by atoms with Gasteiger partial charge in [0.05, 0.1) is 22.4 Å². The van der Waals surface area contributed by atoms with Gasteiger partial charge in [-0.25, -0.2) is 9.97 Å². The molecule has 0 aliphatic carbocycles. The maximum Gasteiger partial charge on any atom is 0.0712 e. The molecule has 0 bridgehead atoms. The van der Waals surface area contributed by atoms with Crippen LogP contribution in [-0.4, -0.2) is 9.97 Å². The Bertz CT molecular complexity index is 1470. The number of pyridine rings is 2. The van der Waals surface area contributed by atoms with E-state index in [0.29, 0.717) is 0 Å². The quantitative estimate of drug-likeness (QED) is 0.192. The third-order valence-corrected chi connectivity index (χ3v) is 6.04.